The summed E-state index contributed by atoms with van der Waals surface area (Å²) in [4.78, 5) is 0. The van der Waals surface area contributed by atoms with Gasteiger partial charge in [0.25, 0.3) is 0 Å². The molecule has 0 unspecified atom stereocenters. The van der Waals surface area contributed by atoms with Crippen LogP contribution in [0.4, 0.5) is 4.39 Å². The first kappa shape index (κ1) is 11.0. The molecule has 3 aromatic rings. The molecule has 0 saturated heterocycles. The van der Waals surface area contributed by atoms with Crippen molar-refractivity contribution in [2.45, 2.75) is 6.42 Å². The van der Waals surface area contributed by atoms with Gasteiger partial charge in [-0.1, -0.05) is 54.6 Å². The van der Waals surface area contributed by atoms with Gasteiger partial charge < -0.3 is 0 Å². The molecule has 0 heterocycles. The van der Waals surface area contributed by atoms with Crippen molar-refractivity contribution in [1.29, 1.82) is 0 Å². The Hall–Kier alpha value is -2.15. The van der Waals surface area contributed by atoms with Crippen LogP contribution < -0.4 is 0 Å². The molecule has 0 spiro atoms. The minimum absolute atomic E-state index is 0.183. The van der Waals surface area contributed by atoms with Crippen LogP contribution in [0.3, 0.4) is 0 Å². The van der Waals surface area contributed by atoms with E-state index in [4.69, 9.17) is 0 Å². The van der Waals surface area contributed by atoms with Gasteiger partial charge in [0.15, 0.2) is 0 Å². The highest BCUT2D eigenvalue weighted by molar-refractivity contribution is 5.83. The Morgan fingerprint density at radius 3 is 2.11 bits per heavy atom. The second-order valence-corrected chi connectivity index (χ2v) is 4.48. The molecule has 1 heteroatoms. The Morgan fingerprint density at radius 2 is 1.33 bits per heavy atom. The summed E-state index contributed by atoms with van der Waals surface area (Å²) in [5.74, 6) is -0.183. The fourth-order valence-corrected chi connectivity index (χ4v) is 2.19. The Balaban J connectivity index is 1.92. The molecule has 0 fully saturated rings. The van der Waals surface area contributed by atoms with Gasteiger partial charge in [0.05, 0.1) is 0 Å². The summed E-state index contributed by atoms with van der Waals surface area (Å²) < 4.78 is 12.8. The summed E-state index contributed by atoms with van der Waals surface area (Å²) in [7, 11) is 0. The molecule has 0 atom stereocenters. The summed E-state index contributed by atoms with van der Waals surface area (Å²) in [6.07, 6.45) is 0.838. The minimum Gasteiger partial charge on any atom is -0.207 e. The van der Waals surface area contributed by atoms with Crippen molar-refractivity contribution in [1.82, 2.24) is 0 Å². The number of hydrogen-bond acceptors (Lipinski definition) is 0. The minimum atomic E-state index is -0.183. The van der Waals surface area contributed by atoms with Crippen LogP contribution in [-0.4, -0.2) is 0 Å². The molecular weight excluding hydrogens is 223 g/mol. The van der Waals surface area contributed by atoms with Gasteiger partial charge in [0.1, 0.15) is 5.82 Å². The Morgan fingerprint density at radius 1 is 0.667 bits per heavy atom. The maximum Gasteiger partial charge on any atom is 0.123 e. The summed E-state index contributed by atoms with van der Waals surface area (Å²) >= 11 is 0. The first-order chi connectivity index (χ1) is 8.81. The van der Waals surface area contributed by atoms with Crippen LogP contribution in [0.15, 0.2) is 66.7 Å². The van der Waals surface area contributed by atoms with Crippen molar-refractivity contribution in [3.63, 3.8) is 0 Å². The maximum atomic E-state index is 12.8. The highest BCUT2D eigenvalue weighted by atomic mass is 19.1. The molecule has 3 rings (SSSR count). The van der Waals surface area contributed by atoms with E-state index in [9.17, 15) is 4.39 Å². The van der Waals surface area contributed by atoms with E-state index < -0.39 is 0 Å². The van der Waals surface area contributed by atoms with Crippen LogP contribution in [0.25, 0.3) is 10.8 Å². The van der Waals surface area contributed by atoms with E-state index in [0.717, 1.165) is 12.0 Å². The third kappa shape index (κ3) is 2.25. The van der Waals surface area contributed by atoms with Gasteiger partial charge >= 0.3 is 0 Å². The van der Waals surface area contributed by atoms with Crippen LogP contribution in [0, 0.1) is 5.82 Å². The molecule has 0 radical (unpaired) electrons. The zero-order valence-electron chi connectivity index (χ0n) is 9.94. The van der Waals surface area contributed by atoms with Crippen molar-refractivity contribution in [3.05, 3.63) is 83.7 Å². The Labute approximate surface area is 106 Å². The quantitative estimate of drug-likeness (QED) is 0.611. The highest BCUT2D eigenvalue weighted by Gasteiger charge is 1.99. The van der Waals surface area contributed by atoms with Gasteiger partial charge in [-0.2, -0.15) is 0 Å². The molecule has 18 heavy (non-hydrogen) atoms. The van der Waals surface area contributed by atoms with E-state index in [-0.39, 0.29) is 5.82 Å². The second kappa shape index (κ2) is 4.61. The van der Waals surface area contributed by atoms with Crippen LogP contribution in [0.1, 0.15) is 11.1 Å². The Bertz CT molecular complexity index is 669. The predicted octanol–water partition coefficient (Wildman–Crippen LogP) is 4.57. The number of fused-ring (bicyclic) bond motifs is 1. The van der Waals surface area contributed by atoms with Crippen LogP contribution >= 0.6 is 0 Å². The number of benzene rings is 3. The SMILES string of the molecule is Fc1ccc(Cc2ccc3ccccc3c2)cc1. The monoisotopic (exact) mass is 236 g/mol. The smallest absolute Gasteiger partial charge is 0.123 e. The zero-order chi connectivity index (χ0) is 12.4. The van der Waals surface area contributed by atoms with Crippen molar-refractivity contribution in [2.75, 3.05) is 0 Å². The molecule has 3 aromatic carbocycles. The molecule has 0 aliphatic carbocycles. The fourth-order valence-electron chi connectivity index (χ4n) is 2.19. The van der Waals surface area contributed by atoms with Gasteiger partial charge in [-0.05, 0) is 40.5 Å². The third-order valence-corrected chi connectivity index (χ3v) is 3.14. The lowest BCUT2D eigenvalue weighted by atomic mass is 10.0. The highest BCUT2D eigenvalue weighted by Crippen LogP contribution is 2.18. The van der Waals surface area contributed by atoms with Gasteiger partial charge in [0, 0.05) is 0 Å². The number of halogens is 1. The van der Waals surface area contributed by atoms with E-state index in [1.54, 1.807) is 0 Å². The van der Waals surface area contributed by atoms with Gasteiger partial charge in [0.2, 0.25) is 0 Å². The van der Waals surface area contributed by atoms with Crippen molar-refractivity contribution >= 4 is 10.8 Å². The van der Waals surface area contributed by atoms with Crippen molar-refractivity contribution < 1.29 is 4.39 Å². The van der Waals surface area contributed by atoms with Crippen molar-refractivity contribution in [3.8, 4) is 0 Å². The summed E-state index contributed by atoms with van der Waals surface area (Å²) in [6, 6.07) is 21.5. The summed E-state index contributed by atoms with van der Waals surface area (Å²) in [5.41, 5.74) is 2.38. The van der Waals surface area contributed by atoms with E-state index in [1.165, 1.54) is 28.5 Å². The second-order valence-electron chi connectivity index (χ2n) is 4.48. The van der Waals surface area contributed by atoms with Crippen LogP contribution in [-0.2, 0) is 6.42 Å². The summed E-state index contributed by atoms with van der Waals surface area (Å²) in [6.45, 7) is 0. The van der Waals surface area contributed by atoms with Gasteiger partial charge in [-0.25, -0.2) is 4.39 Å². The van der Waals surface area contributed by atoms with Gasteiger partial charge in [-0.3, -0.25) is 0 Å². The van der Waals surface area contributed by atoms with Crippen molar-refractivity contribution in [2.24, 2.45) is 0 Å². The number of rotatable bonds is 2. The van der Waals surface area contributed by atoms with E-state index in [2.05, 4.69) is 30.3 Å². The zero-order valence-corrected chi connectivity index (χ0v) is 9.94. The molecule has 0 amide bonds. The summed E-state index contributed by atoms with van der Waals surface area (Å²) in [5, 5.41) is 2.50. The largest absolute Gasteiger partial charge is 0.207 e. The molecule has 0 saturated carbocycles. The average Bonchev–Trinajstić information content (AvgIpc) is 2.41. The lowest BCUT2D eigenvalue weighted by molar-refractivity contribution is 0.627. The predicted molar refractivity (Wildman–Crippen MR) is 73.2 cm³/mol. The van der Waals surface area contributed by atoms with E-state index in [0.29, 0.717) is 0 Å². The molecule has 0 N–H and O–H groups in total. The molecule has 0 aliphatic heterocycles. The molecule has 0 nitrogen and oxygen atoms in total. The van der Waals surface area contributed by atoms with E-state index >= 15 is 0 Å². The molecule has 0 aromatic heterocycles. The third-order valence-electron chi connectivity index (χ3n) is 3.14. The standard InChI is InChI=1S/C17H13F/c18-17-9-6-13(7-10-17)11-14-5-8-15-3-1-2-4-16(15)12-14/h1-10,12H,11H2. The molecular formula is C17H13F. The fraction of sp³-hybridized carbons (Fsp3) is 0.0588. The lowest BCUT2D eigenvalue weighted by Gasteiger charge is -2.04. The topological polar surface area (TPSA) is 0 Å². The first-order valence-electron chi connectivity index (χ1n) is 6.03. The normalized spacial score (nSPS) is 10.7. The maximum absolute atomic E-state index is 12.8. The first-order valence-corrected chi connectivity index (χ1v) is 6.03. The lowest BCUT2D eigenvalue weighted by Crippen LogP contribution is -1.88. The van der Waals surface area contributed by atoms with E-state index in [1.807, 2.05) is 24.3 Å². The van der Waals surface area contributed by atoms with Crippen LogP contribution in [0.5, 0.6) is 0 Å². The Kier molecular flexibility index (Phi) is 2.81. The molecule has 0 bridgehead atoms. The molecule has 88 valence electrons. The average molecular weight is 236 g/mol. The molecule has 0 aliphatic rings. The van der Waals surface area contributed by atoms with Crippen LogP contribution in [0.2, 0.25) is 0 Å². The number of hydrogen-bond donors (Lipinski definition) is 0. The van der Waals surface area contributed by atoms with Gasteiger partial charge in [-0.15, -0.1) is 0 Å².